The molecule has 1 aromatic carbocycles. The lowest BCUT2D eigenvalue weighted by Gasteiger charge is -2.23. The minimum atomic E-state index is -0.468. The van der Waals surface area contributed by atoms with Gasteiger partial charge in [0, 0.05) is 23.9 Å². The van der Waals surface area contributed by atoms with E-state index in [0.717, 1.165) is 37.1 Å². The fraction of sp³-hybridized carbons (Fsp3) is 0.526. The highest BCUT2D eigenvalue weighted by atomic mass is 16.3. The summed E-state index contributed by atoms with van der Waals surface area (Å²) in [5, 5.41) is 11.7. The summed E-state index contributed by atoms with van der Waals surface area (Å²) in [4.78, 5) is 14.7. The lowest BCUT2D eigenvalue weighted by Crippen LogP contribution is -2.35. The first-order valence-corrected chi connectivity index (χ1v) is 8.69. The lowest BCUT2D eigenvalue weighted by molar-refractivity contribution is 0.0930. The van der Waals surface area contributed by atoms with Gasteiger partial charge in [-0.05, 0) is 37.6 Å². The molecule has 1 heterocycles. The smallest absolute Gasteiger partial charge is 0.179 e. The Labute approximate surface area is 137 Å². The summed E-state index contributed by atoms with van der Waals surface area (Å²) in [6.07, 6.45) is 2.04. The summed E-state index contributed by atoms with van der Waals surface area (Å²) < 4.78 is 2.06. The second-order valence-corrected chi connectivity index (χ2v) is 6.37. The Balaban J connectivity index is 1.97. The van der Waals surface area contributed by atoms with Gasteiger partial charge in [-0.1, -0.05) is 32.0 Å². The molecule has 1 atom stereocenters. The molecule has 0 bridgehead atoms. The molecule has 0 saturated heterocycles. The number of para-hydroxylation sites is 1. The van der Waals surface area contributed by atoms with Crippen LogP contribution < -0.4 is 0 Å². The number of carbonyl (C=O) groups is 1. The summed E-state index contributed by atoms with van der Waals surface area (Å²) in [6, 6.07) is 8.19. The quantitative estimate of drug-likeness (QED) is 0.892. The minimum Gasteiger partial charge on any atom is -0.390 e. The molecule has 1 aromatic heterocycles. The van der Waals surface area contributed by atoms with Crippen LogP contribution in [0.1, 0.15) is 42.7 Å². The standard InChI is InChI=1S/C19H26N2O2/c1-3-20(4-2)12-14(22)13-21-17-10-6-5-8-15(17)16-9-7-11-18(23)19(16)21/h5-6,8,10,14,22H,3-4,7,9,11-13H2,1-2H3/t14-/m1/s1. The summed E-state index contributed by atoms with van der Waals surface area (Å²) in [7, 11) is 0. The number of hydrogen-bond acceptors (Lipinski definition) is 3. The molecular formula is C19H26N2O2. The number of aryl methyl sites for hydroxylation is 1. The van der Waals surface area contributed by atoms with Crippen molar-refractivity contribution in [2.75, 3.05) is 19.6 Å². The number of likely N-dealkylation sites (N-methyl/N-ethyl adjacent to an activating group) is 1. The van der Waals surface area contributed by atoms with Gasteiger partial charge in [0.1, 0.15) is 0 Å². The molecule has 0 spiro atoms. The molecule has 4 nitrogen and oxygen atoms in total. The van der Waals surface area contributed by atoms with Gasteiger partial charge in [0.15, 0.2) is 5.78 Å². The summed E-state index contributed by atoms with van der Waals surface area (Å²) in [6.45, 7) is 7.19. The lowest BCUT2D eigenvalue weighted by atomic mass is 9.94. The molecule has 0 radical (unpaired) electrons. The first-order chi connectivity index (χ1) is 11.2. The van der Waals surface area contributed by atoms with Crippen molar-refractivity contribution < 1.29 is 9.90 Å². The Bertz CT molecular complexity index is 701. The number of aliphatic hydroxyl groups is 1. The summed E-state index contributed by atoms with van der Waals surface area (Å²) in [5.41, 5.74) is 3.08. The van der Waals surface area contributed by atoms with E-state index in [4.69, 9.17) is 0 Å². The Morgan fingerprint density at radius 3 is 2.70 bits per heavy atom. The normalized spacial score (nSPS) is 16.1. The van der Waals surface area contributed by atoms with Crippen LogP contribution in [0, 0.1) is 0 Å². The highest BCUT2D eigenvalue weighted by Gasteiger charge is 2.26. The molecule has 0 fully saturated rings. The maximum absolute atomic E-state index is 12.5. The van der Waals surface area contributed by atoms with Gasteiger partial charge in [0.25, 0.3) is 0 Å². The van der Waals surface area contributed by atoms with Gasteiger partial charge in [-0.2, -0.15) is 0 Å². The topological polar surface area (TPSA) is 45.5 Å². The number of nitrogens with zero attached hydrogens (tertiary/aromatic N) is 2. The largest absolute Gasteiger partial charge is 0.390 e. The van der Waals surface area contributed by atoms with Crippen LogP contribution in [0.15, 0.2) is 24.3 Å². The van der Waals surface area contributed by atoms with Crippen LogP contribution >= 0.6 is 0 Å². The second-order valence-electron chi connectivity index (χ2n) is 6.37. The van der Waals surface area contributed by atoms with Gasteiger partial charge in [-0.3, -0.25) is 4.79 Å². The van der Waals surface area contributed by atoms with E-state index in [1.165, 1.54) is 10.9 Å². The molecule has 0 aliphatic heterocycles. The summed E-state index contributed by atoms with van der Waals surface area (Å²) in [5.74, 6) is 0.220. The van der Waals surface area contributed by atoms with E-state index in [9.17, 15) is 9.90 Å². The molecular weight excluding hydrogens is 288 g/mol. The van der Waals surface area contributed by atoms with E-state index < -0.39 is 6.10 Å². The van der Waals surface area contributed by atoms with Crippen LogP contribution in [0.5, 0.6) is 0 Å². The number of aromatic nitrogens is 1. The zero-order valence-electron chi connectivity index (χ0n) is 14.1. The van der Waals surface area contributed by atoms with E-state index in [0.29, 0.717) is 19.5 Å². The van der Waals surface area contributed by atoms with Gasteiger partial charge in [-0.25, -0.2) is 0 Å². The van der Waals surface area contributed by atoms with Crippen molar-refractivity contribution in [1.29, 1.82) is 0 Å². The molecule has 0 amide bonds. The van der Waals surface area contributed by atoms with Crippen molar-refractivity contribution in [3.05, 3.63) is 35.5 Å². The maximum atomic E-state index is 12.5. The fourth-order valence-electron chi connectivity index (χ4n) is 3.73. The highest BCUT2D eigenvalue weighted by Crippen LogP contribution is 2.32. The van der Waals surface area contributed by atoms with E-state index in [1.807, 2.05) is 12.1 Å². The Kier molecular flexibility index (Phi) is 4.83. The molecule has 1 aliphatic carbocycles. The SMILES string of the molecule is CCN(CC)C[C@@H](O)Cn1c2c(c3ccccc31)CCCC2=O. The molecule has 1 N–H and O–H groups in total. The van der Waals surface area contributed by atoms with Crippen LogP contribution in [-0.2, 0) is 13.0 Å². The zero-order valence-corrected chi connectivity index (χ0v) is 14.1. The first-order valence-electron chi connectivity index (χ1n) is 8.69. The average molecular weight is 314 g/mol. The van der Waals surface area contributed by atoms with Crippen molar-refractivity contribution in [1.82, 2.24) is 9.47 Å². The van der Waals surface area contributed by atoms with Crippen molar-refractivity contribution in [3.63, 3.8) is 0 Å². The van der Waals surface area contributed by atoms with Crippen molar-refractivity contribution in [2.24, 2.45) is 0 Å². The predicted octanol–water partition coefficient (Wildman–Crippen LogP) is 2.86. The van der Waals surface area contributed by atoms with Gasteiger partial charge < -0.3 is 14.6 Å². The monoisotopic (exact) mass is 314 g/mol. The minimum absolute atomic E-state index is 0.220. The van der Waals surface area contributed by atoms with Crippen LogP contribution in [-0.4, -0.2) is 46.1 Å². The Hall–Kier alpha value is -1.65. The highest BCUT2D eigenvalue weighted by molar-refractivity contribution is 6.04. The third kappa shape index (κ3) is 3.06. The molecule has 4 heteroatoms. The van der Waals surface area contributed by atoms with Crippen molar-refractivity contribution in [2.45, 2.75) is 45.8 Å². The number of ketones is 1. The molecule has 2 aromatic rings. The van der Waals surface area contributed by atoms with Crippen LogP contribution in [0.25, 0.3) is 10.9 Å². The second kappa shape index (κ2) is 6.85. The predicted molar refractivity (Wildman–Crippen MR) is 93.0 cm³/mol. The van der Waals surface area contributed by atoms with Gasteiger partial charge in [-0.15, -0.1) is 0 Å². The Morgan fingerprint density at radius 2 is 1.96 bits per heavy atom. The van der Waals surface area contributed by atoms with Gasteiger partial charge in [0.2, 0.25) is 0 Å². The number of fused-ring (bicyclic) bond motifs is 3. The number of rotatable bonds is 6. The number of carbonyl (C=O) groups excluding carboxylic acids is 1. The number of hydrogen-bond donors (Lipinski definition) is 1. The molecule has 0 unspecified atom stereocenters. The van der Waals surface area contributed by atoms with Crippen LogP contribution in [0.3, 0.4) is 0 Å². The number of benzene rings is 1. The molecule has 1 aliphatic rings. The average Bonchev–Trinajstić information content (AvgIpc) is 2.88. The van der Waals surface area contributed by atoms with Crippen molar-refractivity contribution >= 4 is 16.7 Å². The molecule has 3 rings (SSSR count). The number of aliphatic hydroxyl groups excluding tert-OH is 1. The first kappa shape index (κ1) is 16.2. The number of Topliss-reactive ketones (excluding diaryl/α,β-unsaturated/α-hetero) is 1. The fourth-order valence-corrected chi connectivity index (χ4v) is 3.73. The molecule has 23 heavy (non-hydrogen) atoms. The third-order valence-electron chi connectivity index (χ3n) is 4.93. The van der Waals surface area contributed by atoms with Crippen molar-refractivity contribution in [3.8, 4) is 0 Å². The van der Waals surface area contributed by atoms with Crippen LogP contribution in [0.4, 0.5) is 0 Å². The molecule has 124 valence electrons. The van der Waals surface area contributed by atoms with Crippen LogP contribution in [0.2, 0.25) is 0 Å². The van der Waals surface area contributed by atoms with E-state index in [-0.39, 0.29) is 5.78 Å². The molecule has 0 saturated carbocycles. The summed E-state index contributed by atoms with van der Waals surface area (Å²) >= 11 is 0. The third-order valence-corrected chi connectivity index (χ3v) is 4.93. The zero-order chi connectivity index (χ0) is 16.4. The van der Waals surface area contributed by atoms with Gasteiger partial charge in [0.05, 0.1) is 18.3 Å². The maximum Gasteiger partial charge on any atom is 0.179 e. The Morgan fingerprint density at radius 1 is 1.22 bits per heavy atom. The van der Waals surface area contributed by atoms with E-state index in [1.54, 1.807) is 0 Å². The van der Waals surface area contributed by atoms with Gasteiger partial charge >= 0.3 is 0 Å². The van der Waals surface area contributed by atoms with E-state index >= 15 is 0 Å². The van der Waals surface area contributed by atoms with E-state index in [2.05, 4.69) is 35.4 Å².